The van der Waals surface area contributed by atoms with Crippen LogP contribution >= 0.6 is 0 Å². The summed E-state index contributed by atoms with van der Waals surface area (Å²) in [6.45, 7) is 6.24. The van der Waals surface area contributed by atoms with Gasteiger partial charge in [0.15, 0.2) is 0 Å². The van der Waals surface area contributed by atoms with E-state index in [-0.39, 0.29) is 0 Å². The third-order valence-corrected chi connectivity index (χ3v) is 4.69. The predicted octanol–water partition coefficient (Wildman–Crippen LogP) is 1.96. The van der Waals surface area contributed by atoms with E-state index in [9.17, 15) is 0 Å². The fourth-order valence-corrected chi connectivity index (χ4v) is 3.39. The predicted molar refractivity (Wildman–Crippen MR) is 64.6 cm³/mol. The minimum atomic E-state index is 0.347. The first kappa shape index (κ1) is 12.3. The Balaban J connectivity index is 1.94. The zero-order valence-corrected chi connectivity index (χ0v) is 10.8. The van der Waals surface area contributed by atoms with Crippen molar-refractivity contribution in [1.82, 2.24) is 5.32 Å². The van der Waals surface area contributed by atoms with Gasteiger partial charge in [-0.15, -0.1) is 0 Å². The molecule has 1 aliphatic heterocycles. The van der Waals surface area contributed by atoms with Crippen molar-refractivity contribution in [1.29, 1.82) is 0 Å². The fraction of sp³-hybridized carbons (Fsp3) is 1.00. The zero-order valence-electron chi connectivity index (χ0n) is 10.8. The standard InChI is InChI=1S/C13H25NO2/c1-4-13(5-2)11(14-3)8-12(13)16-10-6-7-15-9-10/h10-12,14H,4-9H2,1-3H3. The molecule has 0 bridgehead atoms. The molecule has 3 atom stereocenters. The van der Waals surface area contributed by atoms with Crippen molar-refractivity contribution in [2.24, 2.45) is 5.41 Å². The van der Waals surface area contributed by atoms with E-state index < -0.39 is 0 Å². The van der Waals surface area contributed by atoms with Crippen LogP contribution in [0.3, 0.4) is 0 Å². The van der Waals surface area contributed by atoms with Crippen molar-refractivity contribution in [2.75, 3.05) is 20.3 Å². The molecular weight excluding hydrogens is 202 g/mol. The van der Waals surface area contributed by atoms with Crippen LogP contribution in [0.15, 0.2) is 0 Å². The second kappa shape index (κ2) is 5.03. The van der Waals surface area contributed by atoms with E-state index in [1.165, 1.54) is 12.8 Å². The topological polar surface area (TPSA) is 30.5 Å². The van der Waals surface area contributed by atoms with Crippen molar-refractivity contribution < 1.29 is 9.47 Å². The molecule has 1 heterocycles. The van der Waals surface area contributed by atoms with Crippen LogP contribution in [0.4, 0.5) is 0 Å². The van der Waals surface area contributed by atoms with Crippen molar-refractivity contribution in [3.8, 4) is 0 Å². The highest BCUT2D eigenvalue weighted by Gasteiger charge is 2.53. The Morgan fingerprint density at radius 3 is 2.62 bits per heavy atom. The first-order valence-electron chi connectivity index (χ1n) is 6.67. The first-order chi connectivity index (χ1) is 7.76. The van der Waals surface area contributed by atoms with E-state index in [0.29, 0.717) is 23.7 Å². The lowest BCUT2D eigenvalue weighted by atomic mass is 9.58. The summed E-state index contributed by atoms with van der Waals surface area (Å²) >= 11 is 0. The van der Waals surface area contributed by atoms with Crippen LogP contribution in [-0.4, -0.2) is 38.5 Å². The molecule has 2 aliphatic rings. The normalized spacial score (nSPS) is 37.3. The lowest BCUT2D eigenvalue weighted by molar-refractivity contribution is -0.164. The maximum atomic E-state index is 6.21. The summed E-state index contributed by atoms with van der Waals surface area (Å²) < 4.78 is 11.6. The molecule has 1 N–H and O–H groups in total. The Hall–Kier alpha value is -0.120. The van der Waals surface area contributed by atoms with Gasteiger partial charge in [0.25, 0.3) is 0 Å². The highest BCUT2D eigenvalue weighted by atomic mass is 16.6. The molecule has 3 unspecified atom stereocenters. The van der Waals surface area contributed by atoms with E-state index >= 15 is 0 Å². The van der Waals surface area contributed by atoms with Crippen LogP contribution in [0.5, 0.6) is 0 Å². The Morgan fingerprint density at radius 2 is 2.12 bits per heavy atom. The Kier molecular flexibility index (Phi) is 3.88. The Morgan fingerprint density at radius 1 is 1.38 bits per heavy atom. The monoisotopic (exact) mass is 227 g/mol. The first-order valence-corrected chi connectivity index (χ1v) is 6.67. The van der Waals surface area contributed by atoms with Crippen molar-refractivity contribution in [3.63, 3.8) is 0 Å². The van der Waals surface area contributed by atoms with E-state index in [1.807, 2.05) is 0 Å². The molecule has 1 aliphatic carbocycles. The molecule has 94 valence electrons. The summed E-state index contributed by atoms with van der Waals surface area (Å²) in [5, 5.41) is 3.44. The van der Waals surface area contributed by atoms with Gasteiger partial charge in [-0.1, -0.05) is 13.8 Å². The summed E-state index contributed by atoms with van der Waals surface area (Å²) in [5.74, 6) is 0. The maximum Gasteiger partial charge on any atom is 0.0834 e. The highest BCUT2D eigenvalue weighted by Crippen LogP contribution is 2.49. The summed E-state index contributed by atoms with van der Waals surface area (Å²) in [7, 11) is 2.07. The Labute approximate surface area is 98.9 Å². The lowest BCUT2D eigenvalue weighted by Gasteiger charge is -2.56. The van der Waals surface area contributed by atoms with Crippen molar-refractivity contribution >= 4 is 0 Å². The third-order valence-electron chi connectivity index (χ3n) is 4.69. The number of ether oxygens (including phenoxy) is 2. The molecule has 3 heteroatoms. The van der Waals surface area contributed by atoms with Crippen LogP contribution < -0.4 is 5.32 Å². The highest BCUT2D eigenvalue weighted by molar-refractivity contribution is 5.06. The zero-order chi connectivity index (χ0) is 11.6. The van der Waals surface area contributed by atoms with Crippen LogP contribution in [0, 0.1) is 5.41 Å². The molecule has 0 aromatic rings. The molecule has 1 saturated heterocycles. The smallest absolute Gasteiger partial charge is 0.0834 e. The molecule has 2 rings (SSSR count). The van der Waals surface area contributed by atoms with Gasteiger partial charge in [0.1, 0.15) is 0 Å². The molecule has 0 spiro atoms. The minimum absolute atomic E-state index is 0.347. The van der Waals surface area contributed by atoms with Crippen LogP contribution in [0.1, 0.15) is 39.5 Å². The number of nitrogens with one attached hydrogen (secondary N) is 1. The van der Waals surface area contributed by atoms with Gasteiger partial charge in [0.05, 0.1) is 18.8 Å². The molecule has 16 heavy (non-hydrogen) atoms. The van der Waals surface area contributed by atoms with Gasteiger partial charge in [0.2, 0.25) is 0 Å². The number of hydrogen-bond donors (Lipinski definition) is 1. The van der Waals surface area contributed by atoms with Gasteiger partial charge in [-0.25, -0.2) is 0 Å². The number of hydrogen-bond acceptors (Lipinski definition) is 3. The van der Waals surface area contributed by atoms with Crippen molar-refractivity contribution in [2.45, 2.75) is 57.8 Å². The third kappa shape index (κ3) is 1.89. The minimum Gasteiger partial charge on any atom is -0.379 e. The molecule has 3 nitrogen and oxygen atoms in total. The molecule has 0 amide bonds. The molecule has 0 aromatic heterocycles. The molecular formula is C13H25NO2. The SMILES string of the molecule is CCC1(CC)C(NC)CC1OC1CCOC1. The van der Waals surface area contributed by atoms with Gasteiger partial charge in [0, 0.05) is 18.1 Å². The van der Waals surface area contributed by atoms with Gasteiger partial charge >= 0.3 is 0 Å². The fourth-order valence-electron chi connectivity index (χ4n) is 3.39. The van der Waals surface area contributed by atoms with E-state index in [0.717, 1.165) is 26.1 Å². The largest absolute Gasteiger partial charge is 0.379 e. The van der Waals surface area contributed by atoms with Gasteiger partial charge in [-0.2, -0.15) is 0 Å². The average Bonchev–Trinajstić information content (AvgIpc) is 2.78. The van der Waals surface area contributed by atoms with Crippen LogP contribution in [0.2, 0.25) is 0 Å². The maximum absolute atomic E-state index is 6.21. The van der Waals surface area contributed by atoms with Crippen LogP contribution in [0.25, 0.3) is 0 Å². The van der Waals surface area contributed by atoms with Gasteiger partial charge < -0.3 is 14.8 Å². The lowest BCUT2D eigenvalue weighted by Crippen LogP contribution is -2.63. The van der Waals surface area contributed by atoms with E-state index in [2.05, 4.69) is 26.2 Å². The summed E-state index contributed by atoms with van der Waals surface area (Å²) in [4.78, 5) is 0. The second-order valence-corrected chi connectivity index (χ2v) is 5.13. The summed E-state index contributed by atoms with van der Waals surface area (Å²) in [6.07, 6.45) is 5.42. The molecule has 0 radical (unpaired) electrons. The molecule has 2 fully saturated rings. The molecule has 1 saturated carbocycles. The summed E-state index contributed by atoms with van der Waals surface area (Å²) in [6, 6.07) is 0.634. The Bertz CT molecular complexity index is 222. The second-order valence-electron chi connectivity index (χ2n) is 5.13. The van der Waals surface area contributed by atoms with Gasteiger partial charge in [-0.3, -0.25) is 0 Å². The summed E-state index contributed by atoms with van der Waals surface area (Å²) in [5.41, 5.74) is 0.358. The van der Waals surface area contributed by atoms with Gasteiger partial charge in [-0.05, 0) is 32.7 Å². The van der Waals surface area contributed by atoms with Crippen LogP contribution in [-0.2, 0) is 9.47 Å². The quantitative estimate of drug-likeness (QED) is 0.779. The molecule has 0 aromatic carbocycles. The van der Waals surface area contributed by atoms with E-state index in [1.54, 1.807) is 0 Å². The van der Waals surface area contributed by atoms with Crippen molar-refractivity contribution in [3.05, 3.63) is 0 Å². The average molecular weight is 227 g/mol. The van der Waals surface area contributed by atoms with E-state index in [4.69, 9.17) is 9.47 Å². The number of rotatable bonds is 5.